The van der Waals surface area contributed by atoms with E-state index in [4.69, 9.17) is 5.84 Å². The molecule has 3 N–H and O–H groups in total. The molecule has 1 atom stereocenters. The van der Waals surface area contributed by atoms with Crippen molar-refractivity contribution in [2.24, 2.45) is 5.84 Å². The lowest BCUT2D eigenvalue weighted by Crippen LogP contribution is -2.28. The Kier molecular flexibility index (Phi) is 3.53. The summed E-state index contributed by atoms with van der Waals surface area (Å²) in [7, 11) is 0. The molecule has 0 amide bonds. The topological polar surface area (TPSA) is 38.0 Å². The molecule has 2 aromatic heterocycles. The van der Waals surface area contributed by atoms with Gasteiger partial charge in [0.2, 0.25) is 0 Å². The van der Waals surface area contributed by atoms with Gasteiger partial charge in [-0.2, -0.15) is 11.3 Å². The van der Waals surface area contributed by atoms with Crippen molar-refractivity contribution in [3.05, 3.63) is 44.3 Å². The number of nitrogens with one attached hydrogen (secondary N) is 1. The van der Waals surface area contributed by atoms with Crippen molar-refractivity contribution in [2.75, 3.05) is 0 Å². The lowest BCUT2D eigenvalue weighted by atomic mass is 10.1. The minimum Gasteiger partial charge on any atom is -0.271 e. The Bertz CT molecular complexity index is 406. The minimum absolute atomic E-state index is 0.235. The molecular weight excluding hydrogens is 224 g/mol. The Morgan fingerprint density at radius 2 is 2.27 bits per heavy atom. The Morgan fingerprint density at radius 1 is 1.40 bits per heavy atom. The molecule has 0 fully saturated rings. The van der Waals surface area contributed by atoms with Crippen molar-refractivity contribution >= 4 is 22.7 Å². The van der Waals surface area contributed by atoms with Crippen LogP contribution in [0.4, 0.5) is 0 Å². The van der Waals surface area contributed by atoms with E-state index >= 15 is 0 Å². The molecule has 2 aromatic rings. The SMILES string of the molecule is Cc1ccc(C(Cc2ccsc2)NN)s1. The van der Waals surface area contributed by atoms with Crippen LogP contribution >= 0.6 is 22.7 Å². The average molecular weight is 238 g/mol. The highest BCUT2D eigenvalue weighted by molar-refractivity contribution is 7.12. The van der Waals surface area contributed by atoms with E-state index in [1.165, 1.54) is 15.3 Å². The highest BCUT2D eigenvalue weighted by Gasteiger charge is 2.12. The van der Waals surface area contributed by atoms with Gasteiger partial charge in [-0.05, 0) is 47.9 Å². The number of nitrogens with two attached hydrogens (primary N) is 1. The first-order valence-electron chi connectivity index (χ1n) is 4.83. The summed E-state index contributed by atoms with van der Waals surface area (Å²) in [6.07, 6.45) is 0.958. The van der Waals surface area contributed by atoms with Crippen LogP contribution < -0.4 is 11.3 Å². The molecular formula is C11H14N2S2. The summed E-state index contributed by atoms with van der Waals surface area (Å²) in [5, 5.41) is 4.27. The highest BCUT2D eigenvalue weighted by Crippen LogP contribution is 2.25. The summed E-state index contributed by atoms with van der Waals surface area (Å²) in [4.78, 5) is 2.64. The monoisotopic (exact) mass is 238 g/mol. The Balaban J connectivity index is 2.11. The third-order valence-electron chi connectivity index (χ3n) is 2.33. The molecule has 0 aliphatic heterocycles. The molecule has 1 unspecified atom stereocenters. The van der Waals surface area contributed by atoms with Gasteiger partial charge >= 0.3 is 0 Å². The predicted octanol–water partition coefficient (Wildman–Crippen LogP) is 2.87. The molecule has 2 rings (SSSR count). The van der Waals surface area contributed by atoms with Gasteiger partial charge in [0.15, 0.2) is 0 Å². The first-order valence-corrected chi connectivity index (χ1v) is 6.59. The van der Waals surface area contributed by atoms with Crippen molar-refractivity contribution in [1.29, 1.82) is 0 Å². The predicted molar refractivity (Wildman–Crippen MR) is 67.1 cm³/mol. The van der Waals surface area contributed by atoms with Crippen LogP contribution in [0.1, 0.15) is 21.4 Å². The van der Waals surface area contributed by atoms with Crippen LogP contribution in [0.5, 0.6) is 0 Å². The van der Waals surface area contributed by atoms with Gasteiger partial charge in [0.05, 0.1) is 6.04 Å². The van der Waals surface area contributed by atoms with Crippen LogP contribution in [-0.4, -0.2) is 0 Å². The van der Waals surface area contributed by atoms with Crippen molar-refractivity contribution in [3.63, 3.8) is 0 Å². The number of aryl methyl sites for hydroxylation is 1. The normalized spacial score (nSPS) is 12.9. The molecule has 0 aliphatic rings. The third-order valence-corrected chi connectivity index (χ3v) is 4.17. The molecule has 0 radical (unpaired) electrons. The molecule has 15 heavy (non-hydrogen) atoms. The van der Waals surface area contributed by atoms with Crippen LogP contribution in [0, 0.1) is 6.92 Å². The summed E-state index contributed by atoms with van der Waals surface area (Å²) >= 11 is 3.53. The summed E-state index contributed by atoms with van der Waals surface area (Å²) in [5.41, 5.74) is 4.23. The van der Waals surface area contributed by atoms with Crippen molar-refractivity contribution < 1.29 is 0 Å². The zero-order valence-corrected chi connectivity index (χ0v) is 10.2. The largest absolute Gasteiger partial charge is 0.271 e. The second kappa shape index (κ2) is 4.90. The molecule has 0 aliphatic carbocycles. The van der Waals surface area contributed by atoms with Gasteiger partial charge in [-0.25, -0.2) is 0 Å². The third kappa shape index (κ3) is 2.66. The lowest BCUT2D eigenvalue weighted by molar-refractivity contribution is 0.561. The summed E-state index contributed by atoms with van der Waals surface area (Å²) in [5.74, 6) is 5.59. The quantitative estimate of drug-likeness (QED) is 0.635. The maximum absolute atomic E-state index is 5.59. The molecule has 0 saturated carbocycles. The number of rotatable bonds is 4. The maximum Gasteiger partial charge on any atom is 0.0593 e. The van der Waals surface area contributed by atoms with E-state index in [9.17, 15) is 0 Å². The Labute approximate surface area is 97.7 Å². The lowest BCUT2D eigenvalue weighted by Gasteiger charge is -2.12. The van der Waals surface area contributed by atoms with Gasteiger partial charge in [0, 0.05) is 9.75 Å². The molecule has 0 bridgehead atoms. The summed E-state index contributed by atoms with van der Waals surface area (Å²) in [6.45, 7) is 2.12. The highest BCUT2D eigenvalue weighted by atomic mass is 32.1. The van der Waals surface area contributed by atoms with Gasteiger partial charge in [-0.15, -0.1) is 11.3 Å². The number of hydrazine groups is 1. The van der Waals surface area contributed by atoms with Crippen LogP contribution in [0.25, 0.3) is 0 Å². The number of thiophene rings is 2. The number of hydrogen-bond donors (Lipinski definition) is 2. The van der Waals surface area contributed by atoms with Crippen LogP contribution in [0.15, 0.2) is 29.0 Å². The molecule has 2 heterocycles. The van der Waals surface area contributed by atoms with E-state index in [-0.39, 0.29) is 6.04 Å². The molecule has 0 saturated heterocycles. The maximum atomic E-state index is 5.59. The fourth-order valence-electron chi connectivity index (χ4n) is 1.53. The Morgan fingerprint density at radius 3 is 2.80 bits per heavy atom. The van der Waals surface area contributed by atoms with Gasteiger partial charge in [-0.1, -0.05) is 0 Å². The average Bonchev–Trinajstić information content (AvgIpc) is 2.85. The Hall–Kier alpha value is -0.680. The summed E-state index contributed by atoms with van der Waals surface area (Å²) < 4.78 is 0. The molecule has 2 nitrogen and oxygen atoms in total. The fraction of sp³-hybridized carbons (Fsp3) is 0.273. The molecule has 80 valence electrons. The zero-order valence-electron chi connectivity index (χ0n) is 8.57. The number of hydrogen-bond acceptors (Lipinski definition) is 4. The van der Waals surface area contributed by atoms with Gasteiger partial charge in [-0.3, -0.25) is 11.3 Å². The molecule has 0 aromatic carbocycles. The van der Waals surface area contributed by atoms with Gasteiger partial charge in [0.25, 0.3) is 0 Å². The fourth-order valence-corrected chi connectivity index (χ4v) is 3.15. The zero-order chi connectivity index (χ0) is 10.7. The van der Waals surface area contributed by atoms with Crippen LogP contribution in [-0.2, 0) is 6.42 Å². The second-order valence-electron chi connectivity index (χ2n) is 3.50. The van der Waals surface area contributed by atoms with Crippen LogP contribution in [0.3, 0.4) is 0 Å². The standard InChI is InChI=1S/C11H14N2S2/c1-8-2-3-11(15-8)10(13-12)6-9-4-5-14-7-9/h2-5,7,10,13H,6,12H2,1H3. The van der Waals surface area contributed by atoms with Gasteiger partial charge in [0.1, 0.15) is 0 Å². The molecule has 4 heteroatoms. The van der Waals surface area contributed by atoms with Crippen molar-refractivity contribution in [2.45, 2.75) is 19.4 Å². The minimum atomic E-state index is 0.235. The van der Waals surface area contributed by atoms with E-state index in [0.717, 1.165) is 6.42 Å². The van der Waals surface area contributed by atoms with E-state index in [2.05, 4.69) is 41.3 Å². The van der Waals surface area contributed by atoms with E-state index in [1.807, 2.05) is 0 Å². The van der Waals surface area contributed by atoms with Gasteiger partial charge < -0.3 is 0 Å². The second-order valence-corrected chi connectivity index (χ2v) is 5.60. The van der Waals surface area contributed by atoms with Crippen LogP contribution in [0.2, 0.25) is 0 Å². The smallest absolute Gasteiger partial charge is 0.0593 e. The van der Waals surface area contributed by atoms with Crippen molar-refractivity contribution in [1.82, 2.24) is 5.43 Å². The van der Waals surface area contributed by atoms with E-state index in [1.54, 1.807) is 22.7 Å². The first-order chi connectivity index (χ1) is 7.29. The van der Waals surface area contributed by atoms with E-state index in [0.29, 0.717) is 0 Å². The van der Waals surface area contributed by atoms with Crippen molar-refractivity contribution in [3.8, 4) is 0 Å². The van der Waals surface area contributed by atoms with E-state index < -0.39 is 0 Å². The summed E-state index contributed by atoms with van der Waals surface area (Å²) in [6, 6.07) is 6.67. The molecule has 0 spiro atoms. The first kappa shape index (κ1) is 10.8.